The molecule has 0 aliphatic heterocycles. The molecule has 1 fully saturated rings. The van der Waals surface area contributed by atoms with E-state index in [1.807, 2.05) is 30.3 Å². The van der Waals surface area contributed by atoms with E-state index in [0.29, 0.717) is 6.42 Å². The zero-order valence-corrected chi connectivity index (χ0v) is 23.7. The Balaban J connectivity index is -0.000000425. The summed E-state index contributed by atoms with van der Waals surface area (Å²) >= 11 is 0. The molecule has 1 aromatic carbocycles. The van der Waals surface area contributed by atoms with Gasteiger partial charge in [0.2, 0.25) is 0 Å². The molecule has 1 aromatic rings. The molecule has 2 rings (SSSR count). The minimum absolute atomic E-state index is 0. The zero-order valence-electron chi connectivity index (χ0n) is 21.5. The van der Waals surface area contributed by atoms with Crippen LogP contribution in [0.5, 0.6) is 0 Å². The van der Waals surface area contributed by atoms with Crippen LogP contribution in [0.1, 0.15) is 89.5 Å². The maximum absolute atomic E-state index is 10.2. The second-order valence-corrected chi connectivity index (χ2v) is 8.40. The van der Waals surface area contributed by atoms with E-state index in [-0.39, 0.29) is 39.6 Å². The third kappa shape index (κ3) is 29.8. The van der Waals surface area contributed by atoms with Crippen molar-refractivity contribution in [3.8, 4) is 0 Å². The van der Waals surface area contributed by atoms with Crippen LogP contribution in [0.15, 0.2) is 30.3 Å². The Hall–Kier alpha value is -2.29. The Morgan fingerprint density at radius 1 is 0.730 bits per heavy atom. The molecule has 1 aliphatic rings. The van der Waals surface area contributed by atoms with Gasteiger partial charge < -0.3 is 31.9 Å². The molecule has 1 aliphatic carbocycles. The van der Waals surface area contributed by atoms with E-state index < -0.39 is 23.9 Å². The van der Waals surface area contributed by atoms with E-state index >= 15 is 0 Å². The first-order chi connectivity index (χ1) is 17.0. The number of hydrogen-bond acceptors (Lipinski definition) is 4. The molecule has 0 amide bonds. The molecule has 214 valence electrons. The van der Waals surface area contributed by atoms with Crippen LogP contribution >= 0.6 is 0 Å². The van der Waals surface area contributed by atoms with E-state index in [1.54, 1.807) is 0 Å². The van der Waals surface area contributed by atoms with Gasteiger partial charge in [-0.2, -0.15) is 12.1 Å². The standard InChI is InChI=1S/C10H12O2.C8H16O2.C6H12N2.C2H2O4.Pt/c11-10(12)8-4-7-9-5-2-1-3-6-9;1-2-3-4-5-6-7-8(9)10;7-5-3-1-2-4-6(5)8;3-1(4)2(5)6;/h1-3,5-6H,4,7-8H2,(H,11,12);2-7H2,1H3,(H,9,10);5-8H,1-4H2;(H,3,4)(H,5,6);/q;;-2;;+2/t;;5-,6-;;/m..0../s1. The SMILES string of the molecule is CCCCCCCC(=O)O.O=C(O)C(=O)O.O=C(O)CCCc1ccccc1.[NH-][C@H]1CCCC[C@@H]1[NH-].[Pt+2]. The van der Waals surface area contributed by atoms with Crippen molar-refractivity contribution >= 4 is 23.9 Å². The summed E-state index contributed by atoms with van der Waals surface area (Å²) < 4.78 is 0. The van der Waals surface area contributed by atoms with E-state index in [0.717, 1.165) is 38.5 Å². The second kappa shape index (κ2) is 26.8. The van der Waals surface area contributed by atoms with E-state index in [4.69, 9.17) is 41.5 Å². The van der Waals surface area contributed by atoms with Gasteiger partial charge in [0.05, 0.1) is 0 Å². The summed E-state index contributed by atoms with van der Waals surface area (Å²) in [4.78, 5) is 38.4. The smallest absolute Gasteiger partial charge is 0.676 e. The van der Waals surface area contributed by atoms with Gasteiger partial charge in [-0.1, -0.05) is 88.6 Å². The maximum atomic E-state index is 10.2. The van der Waals surface area contributed by atoms with Gasteiger partial charge in [-0.25, -0.2) is 9.59 Å². The fourth-order valence-corrected chi connectivity index (χ4v) is 3.10. The van der Waals surface area contributed by atoms with Gasteiger partial charge in [-0.05, 0) is 24.8 Å². The summed E-state index contributed by atoms with van der Waals surface area (Å²) in [5.74, 6) is -5.03. The monoisotopic (exact) mass is 705 g/mol. The largest absolute Gasteiger partial charge is 2.00 e. The molecule has 0 spiro atoms. The first kappa shape index (κ1) is 39.2. The van der Waals surface area contributed by atoms with Crippen molar-refractivity contribution < 1.29 is 60.7 Å². The van der Waals surface area contributed by atoms with E-state index in [9.17, 15) is 9.59 Å². The van der Waals surface area contributed by atoms with Crippen LogP contribution in [-0.2, 0) is 46.7 Å². The molecule has 6 N–H and O–H groups in total. The average Bonchev–Trinajstić information content (AvgIpc) is 2.82. The second-order valence-electron chi connectivity index (χ2n) is 8.40. The number of carboxylic acids is 4. The van der Waals surface area contributed by atoms with Gasteiger partial charge in [0.15, 0.2) is 0 Å². The predicted molar refractivity (Wildman–Crippen MR) is 138 cm³/mol. The molecule has 0 saturated heterocycles. The third-order valence-electron chi connectivity index (χ3n) is 5.14. The summed E-state index contributed by atoms with van der Waals surface area (Å²) in [6.45, 7) is 2.15. The number of rotatable bonds is 10. The Bertz CT molecular complexity index is 713. The Morgan fingerprint density at radius 3 is 1.54 bits per heavy atom. The van der Waals surface area contributed by atoms with Crippen molar-refractivity contribution in [2.24, 2.45) is 0 Å². The Kier molecular flexibility index (Phi) is 28.4. The van der Waals surface area contributed by atoms with Crippen molar-refractivity contribution in [2.75, 3.05) is 0 Å². The van der Waals surface area contributed by atoms with Gasteiger partial charge >= 0.3 is 44.9 Å². The molecular weight excluding hydrogens is 663 g/mol. The number of carboxylic acid groups (broad SMARTS) is 4. The normalized spacial score (nSPS) is 15.5. The Morgan fingerprint density at radius 2 is 1.16 bits per heavy atom. The van der Waals surface area contributed by atoms with Gasteiger partial charge in [0.25, 0.3) is 0 Å². The first-order valence-electron chi connectivity index (χ1n) is 12.4. The van der Waals surface area contributed by atoms with Crippen LogP contribution in [0.2, 0.25) is 0 Å². The van der Waals surface area contributed by atoms with Crippen LogP contribution in [0.3, 0.4) is 0 Å². The van der Waals surface area contributed by atoms with Crippen LogP contribution in [0.4, 0.5) is 0 Å². The minimum atomic E-state index is -1.82. The van der Waals surface area contributed by atoms with Crippen LogP contribution in [0.25, 0.3) is 11.5 Å². The average molecular weight is 706 g/mol. The quantitative estimate of drug-likeness (QED) is 0.166. The zero-order chi connectivity index (χ0) is 27.8. The number of aryl methyl sites for hydroxylation is 1. The van der Waals surface area contributed by atoms with Gasteiger partial charge in [0, 0.05) is 12.8 Å². The van der Waals surface area contributed by atoms with Gasteiger partial charge in [-0.3, -0.25) is 9.59 Å². The van der Waals surface area contributed by atoms with Crippen molar-refractivity contribution in [2.45, 2.75) is 102 Å². The molecule has 10 nitrogen and oxygen atoms in total. The number of carbonyl (C=O) groups is 4. The van der Waals surface area contributed by atoms with E-state index in [2.05, 4.69) is 6.92 Å². The third-order valence-corrected chi connectivity index (χ3v) is 5.14. The summed E-state index contributed by atoms with van der Waals surface area (Å²) in [6, 6.07) is 9.77. The summed E-state index contributed by atoms with van der Waals surface area (Å²) in [7, 11) is 0. The molecule has 0 heterocycles. The van der Waals surface area contributed by atoms with Crippen molar-refractivity contribution in [1.29, 1.82) is 0 Å². The van der Waals surface area contributed by atoms with Crippen molar-refractivity contribution in [3.05, 3.63) is 47.4 Å². The maximum Gasteiger partial charge on any atom is 2.00 e. The van der Waals surface area contributed by atoms with Crippen LogP contribution in [-0.4, -0.2) is 56.4 Å². The number of hydrogen-bond donors (Lipinski definition) is 4. The van der Waals surface area contributed by atoms with E-state index in [1.165, 1.54) is 37.7 Å². The van der Waals surface area contributed by atoms with Crippen molar-refractivity contribution in [1.82, 2.24) is 0 Å². The molecule has 0 radical (unpaired) electrons. The summed E-state index contributed by atoms with van der Waals surface area (Å²) in [6.07, 6.45) is 12.0. The molecule has 1 saturated carbocycles. The van der Waals surface area contributed by atoms with Crippen molar-refractivity contribution in [3.63, 3.8) is 0 Å². The number of aliphatic carboxylic acids is 4. The molecule has 37 heavy (non-hydrogen) atoms. The molecule has 0 aromatic heterocycles. The number of nitrogens with one attached hydrogen (secondary N) is 2. The predicted octanol–water partition coefficient (Wildman–Crippen LogP) is 6.08. The first-order valence-corrected chi connectivity index (χ1v) is 12.4. The molecule has 0 bridgehead atoms. The molecule has 0 unspecified atom stereocenters. The topological polar surface area (TPSA) is 197 Å². The van der Waals surface area contributed by atoms with Crippen LogP contribution in [0, 0.1) is 0 Å². The van der Waals surface area contributed by atoms with Gasteiger partial charge in [-0.15, -0.1) is 0 Å². The summed E-state index contributed by atoms with van der Waals surface area (Å²) in [5, 5.41) is 31.4. The Labute approximate surface area is 234 Å². The van der Waals surface area contributed by atoms with Crippen LogP contribution < -0.4 is 0 Å². The molecule has 11 heteroatoms. The number of unbranched alkanes of at least 4 members (excludes halogenated alkanes) is 4. The fourth-order valence-electron chi connectivity index (χ4n) is 3.10. The molecule has 2 atom stereocenters. The number of benzene rings is 1. The minimum Gasteiger partial charge on any atom is -0.676 e. The fraction of sp³-hybridized carbons (Fsp3) is 0.615. The summed E-state index contributed by atoms with van der Waals surface area (Å²) in [5.41, 5.74) is 15.8. The van der Waals surface area contributed by atoms with Gasteiger partial charge in [0.1, 0.15) is 0 Å². The molecular formula is C26H42N2O8Pt.